The summed E-state index contributed by atoms with van der Waals surface area (Å²) in [4.78, 5) is 16.2. The van der Waals surface area contributed by atoms with Gasteiger partial charge in [-0.05, 0) is 25.0 Å². The molecule has 0 saturated heterocycles. The maximum Gasteiger partial charge on any atom is 0.233 e. The summed E-state index contributed by atoms with van der Waals surface area (Å²) in [6.07, 6.45) is 0. The lowest BCUT2D eigenvalue weighted by Gasteiger charge is -2.11. The lowest BCUT2D eigenvalue weighted by atomic mass is 10.2. The van der Waals surface area contributed by atoms with Gasteiger partial charge in [-0.25, -0.2) is 9.37 Å². The minimum Gasteiger partial charge on any atom is -0.355 e. The molecule has 1 heterocycles. The minimum absolute atomic E-state index is 0.0593. The second-order valence-electron chi connectivity index (χ2n) is 5.35. The third kappa shape index (κ3) is 4.30. The van der Waals surface area contributed by atoms with E-state index in [0.717, 1.165) is 0 Å². The predicted molar refractivity (Wildman–Crippen MR) is 84.9 cm³/mol. The number of benzene rings is 1. The van der Waals surface area contributed by atoms with Crippen LogP contribution in [-0.2, 0) is 4.79 Å². The quantitative estimate of drug-likeness (QED) is 0.802. The predicted octanol–water partition coefficient (Wildman–Crippen LogP) is 2.86. The molecule has 0 spiro atoms. The first-order valence-corrected chi connectivity index (χ1v) is 7.97. The number of nitrogens with zero attached hydrogens (tertiary/aromatic N) is 2. The second-order valence-corrected chi connectivity index (χ2v) is 6.65. The molecule has 22 heavy (non-hydrogen) atoms. The summed E-state index contributed by atoms with van der Waals surface area (Å²) in [7, 11) is 0. The van der Waals surface area contributed by atoms with E-state index in [0.29, 0.717) is 29.0 Å². The van der Waals surface area contributed by atoms with Crippen LogP contribution in [-0.4, -0.2) is 32.9 Å². The number of halogens is 1. The maximum atomic E-state index is 13.7. The number of nitrogens with one attached hydrogen (secondary N) is 2. The van der Waals surface area contributed by atoms with Gasteiger partial charge in [0.15, 0.2) is 5.82 Å². The van der Waals surface area contributed by atoms with Gasteiger partial charge < -0.3 is 5.32 Å². The third-order valence-electron chi connectivity index (χ3n) is 2.93. The molecule has 118 valence electrons. The number of aromatic amines is 1. The van der Waals surface area contributed by atoms with Crippen molar-refractivity contribution in [2.24, 2.45) is 5.92 Å². The lowest BCUT2D eigenvalue weighted by molar-refractivity contribution is -0.120. The van der Waals surface area contributed by atoms with Crippen LogP contribution in [0.2, 0.25) is 0 Å². The van der Waals surface area contributed by atoms with E-state index >= 15 is 0 Å². The Labute approximate surface area is 133 Å². The summed E-state index contributed by atoms with van der Waals surface area (Å²) < 4.78 is 13.7. The van der Waals surface area contributed by atoms with Crippen LogP contribution < -0.4 is 5.32 Å². The van der Waals surface area contributed by atoms with Crippen molar-refractivity contribution in [1.82, 2.24) is 20.5 Å². The molecule has 0 radical (unpaired) electrons. The molecule has 2 N–H and O–H groups in total. The molecule has 1 aromatic heterocycles. The number of thioether (sulfide) groups is 1. The summed E-state index contributed by atoms with van der Waals surface area (Å²) in [6, 6.07) is 6.34. The van der Waals surface area contributed by atoms with Crippen molar-refractivity contribution in [1.29, 1.82) is 0 Å². The highest BCUT2D eigenvalue weighted by atomic mass is 32.2. The van der Waals surface area contributed by atoms with Crippen molar-refractivity contribution in [2.75, 3.05) is 6.54 Å². The number of hydrogen-bond donors (Lipinski definition) is 2. The zero-order valence-corrected chi connectivity index (χ0v) is 13.6. The molecule has 2 rings (SSSR count). The standard InChI is InChI=1S/C15H19FN4OS/c1-9(2)8-17-14(21)10(3)22-15-18-13(19-20-15)11-6-4-5-7-12(11)16/h4-7,9-10H,8H2,1-3H3,(H,17,21)(H,18,19,20)/t10-/m0/s1. The van der Waals surface area contributed by atoms with Crippen LogP contribution in [0, 0.1) is 11.7 Å². The average molecular weight is 322 g/mol. The SMILES string of the molecule is CC(C)CNC(=O)[C@H](C)Sc1n[nH]c(-c2ccccc2F)n1. The number of carbonyl (C=O) groups excluding carboxylic acids is 1. The van der Waals surface area contributed by atoms with E-state index in [2.05, 4.69) is 20.5 Å². The van der Waals surface area contributed by atoms with Gasteiger partial charge >= 0.3 is 0 Å². The molecule has 0 aliphatic rings. The van der Waals surface area contributed by atoms with Gasteiger partial charge in [0.05, 0.1) is 10.8 Å². The fraction of sp³-hybridized carbons (Fsp3) is 0.400. The summed E-state index contributed by atoms with van der Waals surface area (Å²) in [5.74, 6) is 0.335. The smallest absolute Gasteiger partial charge is 0.233 e. The number of carbonyl (C=O) groups is 1. The minimum atomic E-state index is -0.363. The Balaban J connectivity index is 2.00. The molecule has 1 aromatic carbocycles. The molecule has 5 nitrogen and oxygen atoms in total. The third-order valence-corrected chi connectivity index (χ3v) is 3.89. The van der Waals surface area contributed by atoms with Gasteiger partial charge in [0, 0.05) is 6.54 Å². The summed E-state index contributed by atoms with van der Waals surface area (Å²) in [5.41, 5.74) is 0.360. The first-order valence-electron chi connectivity index (χ1n) is 7.09. The molecule has 0 aliphatic carbocycles. The lowest BCUT2D eigenvalue weighted by Crippen LogP contribution is -2.33. The Kier molecular flexibility index (Phi) is 5.54. The Morgan fingerprint density at radius 3 is 2.77 bits per heavy atom. The van der Waals surface area contributed by atoms with Crippen molar-refractivity contribution >= 4 is 17.7 Å². The zero-order chi connectivity index (χ0) is 16.1. The van der Waals surface area contributed by atoms with Crippen LogP contribution >= 0.6 is 11.8 Å². The Morgan fingerprint density at radius 2 is 2.09 bits per heavy atom. The number of hydrogen-bond acceptors (Lipinski definition) is 4. The first kappa shape index (κ1) is 16.5. The highest BCUT2D eigenvalue weighted by Crippen LogP contribution is 2.24. The first-order chi connectivity index (χ1) is 10.5. The van der Waals surface area contributed by atoms with Crippen LogP contribution in [0.1, 0.15) is 20.8 Å². The Hall–Kier alpha value is -1.89. The van der Waals surface area contributed by atoms with Gasteiger partial charge in [0.1, 0.15) is 5.82 Å². The molecule has 1 amide bonds. The van der Waals surface area contributed by atoms with Gasteiger partial charge in [-0.3, -0.25) is 9.89 Å². The van der Waals surface area contributed by atoms with Crippen molar-refractivity contribution in [3.8, 4) is 11.4 Å². The number of aromatic nitrogens is 3. The Morgan fingerprint density at radius 1 is 1.36 bits per heavy atom. The molecule has 0 bridgehead atoms. The molecule has 2 aromatic rings. The second kappa shape index (κ2) is 7.40. The molecule has 0 fully saturated rings. The van der Waals surface area contributed by atoms with E-state index < -0.39 is 0 Å². The molecule has 0 unspecified atom stereocenters. The van der Waals surface area contributed by atoms with Gasteiger partial charge in [0.25, 0.3) is 0 Å². The summed E-state index contributed by atoms with van der Waals surface area (Å²) in [5, 5.41) is 9.70. The van der Waals surface area contributed by atoms with E-state index in [4.69, 9.17) is 0 Å². The van der Waals surface area contributed by atoms with E-state index in [9.17, 15) is 9.18 Å². The number of rotatable bonds is 6. The fourth-order valence-corrected chi connectivity index (χ4v) is 2.48. The zero-order valence-electron chi connectivity index (χ0n) is 12.8. The van der Waals surface area contributed by atoms with Crippen molar-refractivity contribution < 1.29 is 9.18 Å². The summed E-state index contributed by atoms with van der Waals surface area (Å²) in [6.45, 7) is 6.50. The van der Waals surface area contributed by atoms with Gasteiger partial charge in [-0.15, -0.1) is 5.10 Å². The molecule has 1 atom stereocenters. The van der Waals surface area contributed by atoms with E-state index in [1.54, 1.807) is 25.1 Å². The summed E-state index contributed by atoms with van der Waals surface area (Å²) >= 11 is 1.24. The van der Waals surface area contributed by atoms with Crippen LogP contribution in [0.4, 0.5) is 4.39 Å². The molecule has 0 aliphatic heterocycles. The van der Waals surface area contributed by atoms with Crippen molar-refractivity contribution in [2.45, 2.75) is 31.2 Å². The molecular weight excluding hydrogens is 303 g/mol. The van der Waals surface area contributed by atoms with Crippen LogP contribution in [0.25, 0.3) is 11.4 Å². The highest BCUT2D eigenvalue weighted by Gasteiger charge is 2.18. The van der Waals surface area contributed by atoms with Gasteiger partial charge in [-0.1, -0.05) is 37.7 Å². The van der Waals surface area contributed by atoms with E-state index in [1.165, 1.54) is 17.8 Å². The Bertz CT molecular complexity index is 644. The highest BCUT2D eigenvalue weighted by molar-refractivity contribution is 8.00. The maximum absolute atomic E-state index is 13.7. The van der Waals surface area contributed by atoms with E-state index in [1.807, 2.05) is 13.8 Å². The molecule has 0 saturated carbocycles. The van der Waals surface area contributed by atoms with Crippen LogP contribution in [0.3, 0.4) is 0 Å². The van der Waals surface area contributed by atoms with Gasteiger partial charge in [0.2, 0.25) is 11.1 Å². The van der Waals surface area contributed by atoms with E-state index in [-0.39, 0.29) is 17.0 Å². The van der Waals surface area contributed by atoms with Crippen LogP contribution in [0.15, 0.2) is 29.4 Å². The van der Waals surface area contributed by atoms with Crippen LogP contribution in [0.5, 0.6) is 0 Å². The topological polar surface area (TPSA) is 70.7 Å². The monoisotopic (exact) mass is 322 g/mol. The van der Waals surface area contributed by atoms with Crippen molar-refractivity contribution in [3.05, 3.63) is 30.1 Å². The molecular formula is C15H19FN4OS. The van der Waals surface area contributed by atoms with Gasteiger partial charge in [-0.2, -0.15) is 0 Å². The number of H-pyrrole nitrogens is 1. The van der Waals surface area contributed by atoms with Crippen molar-refractivity contribution in [3.63, 3.8) is 0 Å². The number of amides is 1. The largest absolute Gasteiger partial charge is 0.355 e. The normalized spacial score (nSPS) is 12.4. The average Bonchev–Trinajstić information content (AvgIpc) is 2.93. The fourth-order valence-electron chi connectivity index (χ4n) is 1.73. The molecule has 7 heteroatoms.